The summed E-state index contributed by atoms with van der Waals surface area (Å²) >= 11 is 5.99. The van der Waals surface area contributed by atoms with Gasteiger partial charge in [-0.3, -0.25) is 4.79 Å². The number of likely N-dealkylation sites (tertiary alicyclic amines) is 1. The number of hydrogen-bond donors (Lipinski definition) is 0. The van der Waals surface area contributed by atoms with E-state index in [2.05, 4.69) is 0 Å². The molecule has 2 saturated heterocycles. The van der Waals surface area contributed by atoms with E-state index in [1.54, 1.807) is 31.2 Å². The summed E-state index contributed by atoms with van der Waals surface area (Å²) in [6.45, 7) is 3.80. The van der Waals surface area contributed by atoms with E-state index < -0.39 is 21.3 Å². The molecular formula is C26H32ClFN2O4S. The summed E-state index contributed by atoms with van der Waals surface area (Å²) in [5.74, 6) is 0.188. The van der Waals surface area contributed by atoms with E-state index in [0.717, 1.165) is 32.4 Å². The Morgan fingerprint density at radius 2 is 1.77 bits per heavy atom. The highest BCUT2D eigenvalue weighted by molar-refractivity contribution is 7.89. The van der Waals surface area contributed by atoms with Crippen molar-refractivity contribution in [2.75, 3.05) is 32.8 Å². The molecule has 0 N–H and O–H groups in total. The van der Waals surface area contributed by atoms with Gasteiger partial charge in [-0.2, -0.15) is 4.31 Å². The van der Waals surface area contributed by atoms with Crippen molar-refractivity contribution in [2.24, 2.45) is 5.41 Å². The van der Waals surface area contributed by atoms with Gasteiger partial charge in [0.2, 0.25) is 15.9 Å². The number of piperidine rings is 2. The fourth-order valence-electron chi connectivity index (χ4n) is 5.07. The van der Waals surface area contributed by atoms with Crippen LogP contribution in [0.15, 0.2) is 47.4 Å². The molecule has 0 aromatic heterocycles. The van der Waals surface area contributed by atoms with Gasteiger partial charge in [0.25, 0.3) is 0 Å². The summed E-state index contributed by atoms with van der Waals surface area (Å²) in [6.07, 6.45) is 4.60. The fraction of sp³-hybridized carbons (Fsp3) is 0.500. The quantitative estimate of drug-likeness (QED) is 0.511. The third kappa shape index (κ3) is 6.16. The van der Waals surface area contributed by atoms with Gasteiger partial charge in [0.1, 0.15) is 11.6 Å². The molecule has 0 spiro atoms. The van der Waals surface area contributed by atoms with Crippen LogP contribution in [0.1, 0.15) is 44.1 Å². The summed E-state index contributed by atoms with van der Waals surface area (Å²) < 4.78 is 48.3. The molecule has 2 aromatic rings. The molecule has 190 valence electrons. The molecule has 0 radical (unpaired) electrons. The van der Waals surface area contributed by atoms with Gasteiger partial charge in [-0.15, -0.1) is 0 Å². The highest BCUT2D eigenvalue weighted by Gasteiger charge is 2.43. The summed E-state index contributed by atoms with van der Waals surface area (Å²) in [5.41, 5.74) is -0.309. The maximum absolute atomic E-state index is 13.6. The van der Waals surface area contributed by atoms with Crippen LogP contribution in [0.5, 0.6) is 5.75 Å². The molecular weight excluding hydrogens is 491 g/mol. The first kappa shape index (κ1) is 25.9. The number of hydrogen-bond acceptors (Lipinski definition) is 4. The minimum Gasteiger partial charge on any atom is -0.493 e. The van der Waals surface area contributed by atoms with Gasteiger partial charge in [-0.25, -0.2) is 12.8 Å². The van der Waals surface area contributed by atoms with Gasteiger partial charge >= 0.3 is 0 Å². The molecule has 2 aliphatic rings. The molecule has 2 heterocycles. The molecule has 0 saturated carbocycles. The third-order valence-corrected chi connectivity index (χ3v) is 9.23. The Balaban J connectivity index is 1.59. The van der Waals surface area contributed by atoms with Crippen LogP contribution in [0.25, 0.3) is 0 Å². The smallest absolute Gasteiger partial charge is 0.243 e. The molecule has 0 bridgehead atoms. The number of aryl methyl sites for hydroxylation is 1. The van der Waals surface area contributed by atoms with E-state index in [1.807, 2.05) is 4.90 Å². The predicted molar refractivity (Wildman–Crippen MR) is 134 cm³/mol. The summed E-state index contributed by atoms with van der Waals surface area (Å²) in [6, 6.07) is 10.7. The van der Waals surface area contributed by atoms with Crippen molar-refractivity contribution in [1.82, 2.24) is 9.21 Å². The molecule has 2 aliphatic heterocycles. The topological polar surface area (TPSA) is 66.9 Å². The van der Waals surface area contributed by atoms with Gasteiger partial charge in [0.05, 0.1) is 11.5 Å². The molecule has 35 heavy (non-hydrogen) atoms. The maximum atomic E-state index is 13.6. The zero-order valence-corrected chi connectivity index (χ0v) is 21.6. The average molecular weight is 523 g/mol. The predicted octanol–water partition coefficient (Wildman–Crippen LogP) is 5.04. The maximum Gasteiger partial charge on any atom is 0.243 e. The Kier molecular flexibility index (Phi) is 8.03. The Morgan fingerprint density at radius 1 is 1.06 bits per heavy atom. The minimum absolute atomic E-state index is 0.0432. The first-order chi connectivity index (χ1) is 16.7. The second-order valence-corrected chi connectivity index (χ2v) is 12.1. The molecule has 2 aromatic carbocycles. The minimum atomic E-state index is -3.86. The molecule has 1 amide bonds. The average Bonchev–Trinajstić information content (AvgIpc) is 2.84. The molecule has 9 heteroatoms. The summed E-state index contributed by atoms with van der Waals surface area (Å²) in [5, 5.41) is 0.594. The number of halogens is 2. The molecule has 2 fully saturated rings. The standard InChI is InChI=1S/C26H32ClFN2O4S/c1-20-16-22(28)8-11-24(20)35(32,33)30-15-5-12-26(18-30,17-25(31)29-13-3-2-4-14-29)19-34-23-9-6-21(27)7-10-23/h6-11,16H,2-5,12-15,17-19H2,1H3/t26-/m0/s1. The first-order valence-electron chi connectivity index (χ1n) is 12.1. The number of carbonyl (C=O) groups is 1. The van der Waals surface area contributed by atoms with Crippen molar-refractivity contribution in [3.8, 4) is 5.75 Å². The lowest BCUT2D eigenvalue weighted by Gasteiger charge is -2.42. The van der Waals surface area contributed by atoms with E-state index in [1.165, 1.54) is 22.5 Å². The van der Waals surface area contributed by atoms with Crippen molar-refractivity contribution in [3.05, 3.63) is 58.9 Å². The number of carbonyl (C=O) groups excluding carboxylic acids is 1. The highest BCUT2D eigenvalue weighted by atomic mass is 35.5. The highest BCUT2D eigenvalue weighted by Crippen LogP contribution is 2.38. The van der Waals surface area contributed by atoms with E-state index in [0.29, 0.717) is 35.7 Å². The van der Waals surface area contributed by atoms with Gasteiger partial charge in [-0.05, 0) is 87.1 Å². The Labute approximate surface area is 212 Å². The summed E-state index contributed by atoms with van der Waals surface area (Å²) in [7, 11) is -3.86. The lowest BCUT2D eigenvalue weighted by atomic mass is 9.78. The van der Waals surface area contributed by atoms with Crippen molar-refractivity contribution in [2.45, 2.75) is 50.3 Å². The lowest BCUT2D eigenvalue weighted by Crippen LogP contribution is -2.51. The molecule has 1 atom stereocenters. The van der Waals surface area contributed by atoms with Crippen molar-refractivity contribution >= 4 is 27.5 Å². The largest absolute Gasteiger partial charge is 0.493 e. The van der Waals surface area contributed by atoms with Crippen LogP contribution in [0, 0.1) is 18.2 Å². The van der Waals surface area contributed by atoms with Crippen molar-refractivity contribution in [3.63, 3.8) is 0 Å². The summed E-state index contributed by atoms with van der Waals surface area (Å²) in [4.78, 5) is 15.3. The van der Waals surface area contributed by atoms with Crippen LogP contribution in [-0.4, -0.2) is 56.3 Å². The molecule has 4 rings (SSSR count). The fourth-order valence-corrected chi connectivity index (χ4v) is 6.99. The van der Waals surface area contributed by atoms with Crippen molar-refractivity contribution in [1.29, 1.82) is 0 Å². The second-order valence-electron chi connectivity index (χ2n) is 9.71. The van der Waals surface area contributed by atoms with E-state index in [-0.39, 0.29) is 30.4 Å². The Morgan fingerprint density at radius 3 is 2.46 bits per heavy atom. The van der Waals surface area contributed by atoms with E-state index in [4.69, 9.17) is 16.3 Å². The van der Waals surface area contributed by atoms with E-state index >= 15 is 0 Å². The van der Waals surface area contributed by atoms with Gasteiger partial charge in [0.15, 0.2) is 0 Å². The van der Waals surface area contributed by atoms with Gasteiger partial charge in [0, 0.05) is 43.0 Å². The number of amides is 1. The number of nitrogens with zero attached hydrogens (tertiary/aromatic N) is 2. The van der Waals surface area contributed by atoms with Crippen LogP contribution in [-0.2, 0) is 14.8 Å². The van der Waals surface area contributed by atoms with Gasteiger partial charge < -0.3 is 9.64 Å². The van der Waals surface area contributed by atoms with Crippen LogP contribution >= 0.6 is 11.6 Å². The zero-order chi connectivity index (χ0) is 25.1. The number of ether oxygens (including phenoxy) is 1. The van der Waals surface area contributed by atoms with Crippen LogP contribution in [0.4, 0.5) is 4.39 Å². The van der Waals surface area contributed by atoms with Crippen molar-refractivity contribution < 1.29 is 22.3 Å². The van der Waals surface area contributed by atoms with Crippen LogP contribution in [0.2, 0.25) is 5.02 Å². The first-order valence-corrected chi connectivity index (χ1v) is 13.9. The normalized spacial score (nSPS) is 21.6. The SMILES string of the molecule is Cc1cc(F)ccc1S(=O)(=O)N1CCC[C@](COc2ccc(Cl)cc2)(CC(=O)N2CCCCC2)C1. The molecule has 6 nitrogen and oxygen atoms in total. The Hall–Kier alpha value is -2.16. The monoisotopic (exact) mass is 522 g/mol. The number of sulfonamides is 1. The Bertz CT molecular complexity index is 1150. The second kappa shape index (κ2) is 10.8. The number of benzene rings is 2. The molecule has 0 unspecified atom stereocenters. The number of rotatable bonds is 7. The van der Waals surface area contributed by atoms with Gasteiger partial charge in [-0.1, -0.05) is 11.6 Å². The lowest BCUT2D eigenvalue weighted by molar-refractivity contribution is -0.136. The van der Waals surface area contributed by atoms with Crippen LogP contribution in [0.3, 0.4) is 0 Å². The van der Waals surface area contributed by atoms with E-state index in [9.17, 15) is 17.6 Å². The third-order valence-electron chi connectivity index (χ3n) is 6.97. The molecule has 0 aliphatic carbocycles. The zero-order valence-electron chi connectivity index (χ0n) is 20.0. The van der Waals surface area contributed by atoms with Crippen LogP contribution < -0.4 is 4.74 Å².